The van der Waals surface area contributed by atoms with E-state index in [0.717, 1.165) is 38.8 Å². The topological polar surface area (TPSA) is 24.5 Å². The minimum Gasteiger partial charge on any atom is -0.380 e. The van der Waals surface area contributed by atoms with E-state index in [4.69, 9.17) is 4.74 Å². The van der Waals surface area contributed by atoms with Crippen LogP contribution < -0.4 is 5.32 Å². The lowest BCUT2D eigenvalue weighted by atomic mass is 9.84. The number of hydrogen-bond donors (Lipinski definition) is 1. The van der Waals surface area contributed by atoms with Crippen molar-refractivity contribution in [3.63, 3.8) is 0 Å². The Balaban J connectivity index is 1.92. The molecule has 0 radical (unpaired) electrons. The van der Waals surface area contributed by atoms with Crippen molar-refractivity contribution in [1.82, 2.24) is 10.2 Å². The third-order valence-corrected chi connectivity index (χ3v) is 5.33. The highest BCUT2D eigenvalue weighted by Crippen LogP contribution is 2.44. The molecule has 1 saturated carbocycles. The summed E-state index contributed by atoms with van der Waals surface area (Å²) in [5.41, 5.74) is 0.613. The van der Waals surface area contributed by atoms with E-state index in [-0.39, 0.29) is 5.54 Å². The number of hydrogen-bond acceptors (Lipinski definition) is 3. The minimum absolute atomic E-state index is 0.270. The molecule has 2 unspecified atom stereocenters. The quantitative estimate of drug-likeness (QED) is 0.727. The van der Waals surface area contributed by atoms with Gasteiger partial charge in [0.2, 0.25) is 0 Å². The van der Waals surface area contributed by atoms with Crippen LogP contribution in [0.5, 0.6) is 0 Å². The molecular weight excluding hydrogens is 248 g/mol. The summed E-state index contributed by atoms with van der Waals surface area (Å²) < 4.78 is 5.83. The SMILES string of the molecule is CCC1(C)CN(CCOCC(C)C)C(C)(C2CC2)CN1. The molecule has 1 aliphatic heterocycles. The number of rotatable bonds is 7. The first-order valence-corrected chi connectivity index (χ1v) is 8.47. The second kappa shape index (κ2) is 6.33. The molecule has 1 heterocycles. The lowest BCUT2D eigenvalue weighted by Gasteiger charge is -2.52. The predicted molar refractivity (Wildman–Crippen MR) is 85.1 cm³/mol. The van der Waals surface area contributed by atoms with Gasteiger partial charge in [-0.2, -0.15) is 0 Å². The molecule has 2 aliphatic rings. The van der Waals surface area contributed by atoms with Gasteiger partial charge in [0.1, 0.15) is 0 Å². The Morgan fingerprint density at radius 1 is 1.30 bits per heavy atom. The Morgan fingerprint density at radius 3 is 2.55 bits per heavy atom. The Hall–Kier alpha value is -0.120. The highest BCUT2D eigenvalue weighted by atomic mass is 16.5. The standard InChI is InChI=1S/C17H34N2O/c1-6-16(4)13-19(9-10-20-11-14(2)3)17(5,12-18-16)15-7-8-15/h14-15,18H,6-13H2,1-5H3. The molecule has 0 aromatic rings. The van der Waals surface area contributed by atoms with Crippen LogP contribution in [0.1, 0.15) is 53.9 Å². The molecule has 1 saturated heterocycles. The molecule has 3 nitrogen and oxygen atoms in total. The first-order valence-electron chi connectivity index (χ1n) is 8.47. The van der Waals surface area contributed by atoms with Gasteiger partial charge < -0.3 is 10.1 Å². The molecule has 0 aromatic carbocycles. The van der Waals surface area contributed by atoms with E-state index in [1.54, 1.807) is 0 Å². The maximum Gasteiger partial charge on any atom is 0.0593 e. The predicted octanol–water partition coefficient (Wildman–Crippen LogP) is 2.90. The van der Waals surface area contributed by atoms with Gasteiger partial charge in [0.15, 0.2) is 0 Å². The summed E-state index contributed by atoms with van der Waals surface area (Å²) in [6, 6.07) is 0. The summed E-state index contributed by atoms with van der Waals surface area (Å²) in [7, 11) is 0. The normalized spacial score (nSPS) is 35.7. The monoisotopic (exact) mass is 282 g/mol. The smallest absolute Gasteiger partial charge is 0.0593 e. The number of ether oxygens (including phenoxy) is 1. The van der Waals surface area contributed by atoms with Crippen LogP contribution >= 0.6 is 0 Å². The third kappa shape index (κ3) is 3.75. The number of nitrogens with one attached hydrogen (secondary N) is 1. The van der Waals surface area contributed by atoms with Crippen molar-refractivity contribution in [2.75, 3.05) is 32.8 Å². The van der Waals surface area contributed by atoms with E-state index < -0.39 is 0 Å². The van der Waals surface area contributed by atoms with Crippen LogP contribution in [0.2, 0.25) is 0 Å². The van der Waals surface area contributed by atoms with Crippen molar-refractivity contribution in [2.24, 2.45) is 11.8 Å². The van der Waals surface area contributed by atoms with Crippen LogP contribution in [0.15, 0.2) is 0 Å². The minimum atomic E-state index is 0.270. The van der Waals surface area contributed by atoms with E-state index in [1.807, 2.05) is 0 Å². The molecular formula is C17H34N2O. The van der Waals surface area contributed by atoms with Crippen molar-refractivity contribution in [3.05, 3.63) is 0 Å². The summed E-state index contributed by atoms with van der Waals surface area (Å²) in [6.07, 6.45) is 4.01. The molecule has 3 heteroatoms. The van der Waals surface area contributed by atoms with E-state index in [1.165, 1.54) is 19.3 Å². The maximum absolute atomic E-state index is 5.83. The summed E-state index contributed by atoms with van der Waals surface area (Å²) in [5, 5.41) is 3.81. The summed E-state index contributed by atoms with van der Waals surface area (Å²) in [4.78, 5) is 2.71. The fourth-order valence-electron chi connectivity index (χ4n) is 3.33. The molecule has 0 bridgehead atoms. The van der Waals surface area contributed by atoms with Crippen LogP contribution in [-0.4, -0.2) is 48.8 Å². The fraction of sp³-hybridized carbons (Fsp3) is 1.00. The van der Waals surface area contributed by atoms with Crippen LogP contribution in [0.25, 0.3) is 0 Å². The van der Waals surface area contributed by atoms with Gasteiger partial charge in [0.05, 0.1) is 6.61 Å². The van der Waals surface area contributed by atoms with Crippen LogP contribution in [-0.2, 0) is 4.74 Å². The summed E-state index contributed by atoms with van der Waals surface area (Å²) in [6.45, 7) is 16.7. The molecule has 2 fully saturated rings. The molecule has 2 rings (SSSR count). The van der Waals surface area contributed by atoms with Gasteiger partial charge in [-0.05, 0) is 44.9 Å². The lowest BCUT2D eigenvalue weighted by molar-refractivity contribution is -0.0178. The van der Waals surface area contributed by atoms with Crippen molar-refractivity contribution in [2.45, 2.75) is 65.0 Å². The van der Waals surface area contributed by atoms with Crippen molar-refractivity contribution < 1.29 is 4.74 Å². The largest absolute Gasteiger partial charge is 0.380 e. The highest BCUT2D eigenvalue weighted by molar-refractivity contribution is 5.07. The van der Waals surface area contributed by atoms with Crippen molar-refractivity contribution in [1.29, 1.82) is 0 Å². The lowest BCUT2D eigenvalue weighted by Crippen LogP contribution is -2.69. The highest BCUT2D eigenvalue weighted by Gasteiger charge is 2.50. The third-order valence-electron chi connectivity index (χ3n) is 5.33. The Labute approximate surface area is 125 Å². The van der Waals surface area contributed by atoms with Crippen LogP contribution in [0.3, 0.4) is 0 Å². The molecule has 1 aliphatic carbocycles. The molecule has 0 aromatic heterocycles. The number of piperazine rings is 1. The van der Waals surface area contributed by atoms with Gasteiger partial charge >= 0.3 is 0 Å². The van der Waals surface area contributed by atoms with Gasteiger partial charge in [-0.15, -0.1) is 0 Å². The fourth-order valence-corrected chi connectivity index (χ4v) is 3.33. The zero-order valence-electron chi connectivity index (χ0n) is 14.2. The summed E-state index contributed by atoms with van der Waals surface area (Å²) >= 11 is 0. The molecule has 1 N–H and O–H groups in total. The van der Waals surface area contributed by atoms with Crippen molar-refractivity contribution in [3.8, 4) is 0 Å². The van der Waals surface area contributed by atoms with Gasteiger partial charge in [0, 0.05) is 37.3 Å². The van der Waals surface area contributed by atoms with Gasteiger partial charge in [0.25, 0.3) is 0 Å². The first kappa shape index (κ1) is 16.3. The molecule has 20 heavy (non-hydrogen) atoms. The molecule has 2 atom stereocenters. The molecule has 0 amide bonds. The van der Waals surface area contributed by atoms with E-state index in [9.17, 15) is 0 Å². The zero-order chi connectivity index (χ0) is 14.8. The van der Waals surface area contributed by atoms with Gasteiger partial charge in [-0.3, -0.25) is 4.90 Å². The Morgan fingerprint density at radius 2 is 2.00 bits per heavy atom. The average molecular weight is 282 g/mol. The van der Waals surface area contributed by atoms with Gasteiger partial charge in [-0.1, -0.05) is 20.8 Å². The van der Waals surface area contributed by atoms with E-state index >= 15 is 0 Å². The van der Waals surface area contributed by atoms with E-state index in [0.29, 0.717) is 11.5 Å². The van der Waals surface area contributed by atoms with Crippen LogP contribution in [0, 0.1) is 11.8 Å². The molecule has 0 spiro atoms. The zero-order valence-corrected chi connectivity index (χ0v) is 14.2. The van der Waals surface area contributed by atoms with Gasteiger partial charge in [-0.25, -0.2) is 0 Å². The molecule has 118 valence electrons. The maximum atomic E-state index is 5.83. The summed E-state index contributed by atoms with van der Waals surface area (Å²) in [5.74, 6) is 1.52. The second-order valence-corrected chi connectivity index (χ2v) is 7.79. The number of nitrogens with zero attached hydrogens (tertiary/aromatic N) is 1. The Bertz CT molecular complexity index is 316. The van der Waals surface area contributed by atoms with E-state index in [2.05, 4.69) is 44.8 Å². The first-order chi connectivity index (χ1) is 9.39. The second-order valence-electron chi connectivity index (χ2n) is 7.79. The Kier molecular flexibility index (Phi) is 5.14. The van der Waals surface area contributed by atoms with Crippen LogP contribution in [0.4, 0.5) is 0 Å². The van der Waals surface area contributed by atoms with Crippen molar-refractivity contribution >= 4 is 0 Å². The average Bonchev–Trinajstić information content (AvgIpc) is 3.23.